The number of aromatic nitrogens is 3. The molecule has 44 heavy (non-hydrogen) atoms. The van der Waals surface area contributed by atoms with E-state index in [-0.39, 0.29) is 0 Å². The van der Waals surface area contributed by atoms with E-state index < -0.39 is 0 Å². The fourth-order valence-electron chi connectivity index (χ4n) is 7.99. The number of hydrogen-bond acceptors (Lipinski definition) is 2. The van der Waals surface area contributed by atoms with Crippen LogP contribution in [0.25, 0.3) is 72.2 Å². The summed E-state index contributed by atoms with van der Waals surface area (Å²) in [5, 5.41) is 3.53. The van der Waals surface area contributed by atoms with Crippen LogP contribution in [0.5, 0.6) is 0 Å². The Morgan fingerprint density at radius 3 is 2.11 bits per heavy atom. The molecule has 0 spiro atoms. The minimum absolute atomic E-state index is 0.363. The van der Waals surface area contributed by atoms with E-state index in [0.29, 0.717) is 11.9 Å². The number of hydrogen-bond donors (Lipinski definition) is 0. The minimum atomic E-state index is 0.363. The Bertz CT molecular complexity index is 2450. The summed E-state index contributed by atoms with van der Waals surface area (Å²) >= 11 is 0. The summed E-state index contributed by atoms with van der Waals surface area (Å²) in [6, 6.07) is 48.3. The number of benzene rings is 6. The second-order valence-electron chi connectivity index (χ2n) is 12.0. The molecule has 0 N–H and O–H groups in total. The highest BCUT2D eigenvalue weighted by molar-refractivity contribution is 6.17. The van der Waals surface area contributed by atoms with Gasteiger partial charge in [-0.1, -0.05) is 115 Å². The van der Waals surface area contributed by atoms with Gasteiger partial charge in [0.25, 0.3) is 0 Å². The topological polar surface area (TPSA) is 30.7 Å². The van der Waals surface area contributed by atoms with Crippen molar-refractivity contribution in [1.29, 1.82) is 0 Å². The molecule has 0 saturated carbocycles. The summed E-state index contributed by atoms with van der Waals surface area (Å²) in [6.45, 7) is 0. The smallest absolute Gasteiger partial charge is 0.235 e. The van der Waals surface area contributed by atoms with Gasteiger partial charge in [0, 0.05) is 33.2 Å². The van der Waals surface area contributed by atoms with Crippen molar-refractivity contribution in [3.05, 3.63) is 150 Å². The summed E-state index contributed by atoms with van der Waals surface area (Å²) in [5.41, 5.74) is 15.0. The van der Waals surface area contributed by atoms with Crippen LogP contribution in [0.4, 0.5) is 0 Å². The van der Waals surface area contributed by atoms with Gasteiger partial charge in [-0.05, 0) is 64.4 Å². The molecule has 0 aliphatic heterocycles. The van der Waals surface area contributed by atoms with E-state index in [1.165, 1.54) is 55.2 Å². The normalized spacial score (nSPS) is 14.9. The maximum absolute atomic E-state index is 5.38. The zero-order valence-electron chi connectivity index (χ0n) is 24.0. The van der Waals surface area contributed by atoms with Crippen molar-refractivity contribution < 1.29 is 0 Å². The maximum Gasteiger partial charge on any atom is 0.235 e. The van der Waals surface area contributed by atoms with Gasteiger partial charge in [-0.3, -0.25) is 4.57 Å². The number of para-hydroxylation sites is 2. The first-order chi connectivity index (χ1) is 21.8. The van der Waals surface area contributed by atoms with Crippen LogP contribution < -0.4 is 0 Å². The third-order valence-corrected chi connectivity index (χ3v) is 9.82. The number of nitrogens with zero attached hydrogens (tertiary/aromatic N) is 3. The van der Waals surface area contributed by atoms with E-state index in [2.05, 4.69) is 138 Å². The van der Waals surface area contributed by atoms with E-state index in [0.717, 1.165) is 40.5 Å². The molecule has 0 amide bonds. The quantitative estimate of drug-likeness (QED) is 0.210. The minimum Gasteiger partial charge on any atom is -0.277 e. The summed E-state index contributed by atoms with van der Waals surface area (Å²) in [7, 11) is 0. The van der Waals surface area contributed by atoms with E-state index in [1.54, 1.807) is 0 Å². The van der Waals surface area contributed by atoms with Gasteiger partial charge in [-0.2, -0.15) is 0 Å². The summed E-state index contributed by atoms with van der Waals surface area (Å²) in [5.74, 6) is 1.07. The molecule has 8 aromatic rings. The predicted octanol–water partition coefficient (Wildman–Crippen LogP) is 10.1. The third-order valence-electron chi connectivity index (χ3n) is 9.82. The highest BCUT2D eigenvalue weighted by Gasteiger charge is 2.34. The second-order valence-corrected chi connectivity index (χ2v) is 12.0. The number of fused-ring (bicyclic) bond motifs is 13. The van der Waals surface area contributed by atoms with Gasteiger partial charge in [0.1, 0.15) is 0 Å². The first-order valence-corrected chi connectivity index (χ1v) is 15.5. The monoisotopic (exact) mass is 561 g/mol. The lowest BCUT2D eigenvalue weighted by Gasteiger charge is -2.24. The van der Waals surface area contributed by atoms with Crippen molar-refractivity contribution >= 4 is 32.7 Å². The lowest BCUT2D eigenvalue weighted by molar-refractivity contribution is 0.736. The second kappa shape index (κ2) is 8.98. The van der Waals surface area contributed by atoms with Gasteiger partial charge >= 0.3 is 0 Å². The van der Waals surface area contributed by atoms with Crippen LogP contribution in [-0.4, -0.2) is 14.5 Å². The van der Waals surface area contributed by atoms with Gasteiger partial charge in [0.2, 0.25) is 5.95 Å². The molecule has 2 aliphatic carbocycles. The van der Waals surface area contributed by atoms with Crippen LogP contribution in [0.2, 0.25) is 0 Å². The van der Waals surface area contributed by atoms with Gasteiger partial charge in [0.15, 0.2) is 0 Å². The Morgan fingerprint density at radius 2 is 1.25 bits per heavy atom. The van der Waals surface area contributed by atoms with Crippen molar-refractivity contribution in [3.63, 3.8) is 0 Å². The lowest BCUT2D eigenvalue weighted by Crippen LogP contribution is -2.07. The Morgan fingerprint density at radius 1 is 0.568 bits per heavy atom. The Hall–Kier alpha value is -5.54. The third kappa shape index (κ3) is 3.21. The molecule has 1 atom stereocenters. The summed E-state index contributed by atoms with van der Waals surface area (Å²) in [4.78, 5) is 10.7. The van der Waals surface area contributed by atoms with Crippen molar-refractivity contribution in [2.24, 2.45) is 0 Å². The molecule has 0 radical (unpaired) electrons. The van der Waals surface area contributed by atoms with Gasteiger partial charge in [-0.25, -0.2) is 9.97 Å². The molecule has 2 heterocycles. The molecule has 2 aromatic heterocycles. The molecular weight excluding hydrogens is 534 g/mol. The Kier molecular flexibility index (Phi) is 4.89. The Balaban J connectivity index is 1.41. The van der Waals surface area contributed by atoms with Crippen molar-refractivity contribution in [2.45, 2.75) is 18.8 Å². The molecule has 0 fully saturated rings. The van der Waals surface area contributed by atoms with E-state index >= 15 is 0 Å². The van der Waals surface area contributed by atoms with E-state index in [4.69, 9.17) is 9.97 Å². The molecule has 3 nitrogen and oxygen atoms in total. The highest BCUT2D eigenvalue weighted by Crippen LogP contribution is 2.53. The van der Waals surface area contributed by atoms with Crippen LogP contribution in [0.3, 0.4) is 0 Å². The molecule has 1 unspecified atom stereocenters. The van der Waals surface area contributed by atoms with Gasteiger partial charge in [-0.15, -0.1) is 0 Å². The molecular formula is C41H27N3. The lowest BCUT2D eigenvalue weighted by atomic mass is 9.80. The molecule has 206 valence electrons. The molecule has 2 bridgehead atoms. The van der Waals surface area contributed by atoms with Crippen molar-refractivity contribution in [3.8, 4) is 39.5 Å². The highest BCUT2D eigenvalue weighted by atomic mass is 15.2. The fraction of sp³-hybridized carbons (Fsp3) is 0.0732. The summed E-state index contributed by atoms with van der Waals surface area (Å²) in [6.07, 6.45) is 2.13. The van der Waals surface area contributed by atoms with Crippen LogP contribution in [0.15, 0.2) is 133 Å². The average Bonchev–Trinajstić information content (AvgIpc) is 3.20. The van der Waals surface area contributed by atoms with Crippen LogP contribution in [0.1, 0.15) is 29.0 Å². The molecule has 2 aliphatic rings. The average molecular weight is 562 g/mol. The van der Waals surface area contributed by atoms with Gasteiger partial charge in [0.05, 0.1) is 22.2 Å². The molecule has 10 rings (SSSR count). The zero-order chi connectivity index (χ0) is 28.8. The van der Waals surface area contributed by atoms with Crippen LogP contribution >= 0.6 is 0 Å². The van der Waals surface area contributed by atoms with Gasteiger partial charge < -0.3 is 0 Å². The van der Waals surface area contributed by atoms with Crippen LogP contribution in [-0.2, 0) is 6.42 Å². The van der Waals surface area contributed by atoms with E-state index in [1.807, 2.05) is 0 Å². The zero-order valence-corrected chi connectivity index (χ0v) is 24.0. The maximum atomic E-state index is 5.38. The SMILES string of the molecule is c1ccc(-c2nc(-n3c4ccccc4c4cc5c6c(c43)-c3ccccc3C(CC6)c3ccccc3-5)nc3ccccc23)cc1. The van der Waals surface area contributed by atoms with Crippen molar-refractivity contribution in [2.75, 3.05) is 0 Å². The molecule has 3 heteroatoms. The predicted molar refractivity (Wildman–Crippen MR) is 180 cm³/mol. The first kappa shape index (κ1) is 24.0. The largest absolute Gasteiger partial charge is 0.277 e. The molecule has 6 aromatic carbocycles. The first-order valence-electron chi connectivity index (χ1n) is 15.5. The van der Waals surface area contributed by atoms with E-state index in [9.17, 15) is 0 Å². The standard InChI is InChI=1S/C41H27N3/c1-2-12-25(13-3-1)39-33-19-8-10-20-36(33)42-41(43-39)44-37-21-11-9-17-30(37)35-24-34-28-16-5-4-14-26(28)29-22-23-32(34)38(40(35)44)31-18-7-6-15-27(29)31/h1-21,24,29H,22-23H2. The fourth-order valence-corrected chi connectivity index (χ4v) is 7.99. The van der Waals surface area contributed by atoms with Crippen molar-refractivity contribution in [1.82, 2.24) is 14.5 Å². The molecule has 0 saturated heterocycles. The Labute approximate surface area is 255 Å². The number of rotatable bonds is 2. The summed E-state index contributed by atoms with van der Waals surface area (Å²) < 4.78 is 2.34. The van der Waals surface area contributed by atoms with Crippen LogP contribution in [0, 0.1) is 0 Å².